The average molecular weight is 690 g/mol. The first kappa shape index (κ1) is 32.7. The van der Waals surface area contributed by atoms with Gasteiger partial charge in [-0.3, -0.25) is 0 Å². The molecule has 0 aliphatic rings. The molecule has 0 spiro atoms. The Bertz CT molecular complexity index is 2600. The van der Waals surface area contributed by atoms with Crippen LogP contribution in [0.5, 0.6) is 0 Å². The SMILES string of the molecule is c1ccc(-c2cccc(-c3ccc(-c4cc(-c5ccccc5)cc(-c5ccc(-c6nc(-c7ccccc7)nc(-c7ccccc7)n6)cc5)c4)cc3)c2)cc1. The van der Waals surface area contributed by atoms with Crippen molar-refractivity contribution in [3.8, 4) is 89.8 Å². The predicted molar refractivity (Wildman–Crippen MR) is 223 cm³/mol. The van der Waals surface area contributed by atoms with Gasteiger partial charge in [0.1, 0.15) is 0 Å². The summed E-state index contributed by atoms with van der Waals surface area (Å²) in [4.78, 5) is 14.7. The van der Waals surface area contributed by atoms with Gasteiger partial charge >= 0.3 is 0 Å². The fourth-order valence-corrected chi connectivity index (χ4v) is 6.87. The lowest BCUT2D eigenvalue weighted by molar-refractivity contribution is 1.07. The van der Waals surface area contributed by atoms with Gasteiger partial charge in [-0.25, -0.2) is 15.0 Å². The lowest BCUT2D eigenvalue weighted by Crippen LogP contribution is -2.00. The van der Waals surface area contributed by atoms with Crippen molar-refractivity contribution in [3.63, 3.8) is 0 Å². The van der Waals surface area contributed by atoms with E-state index < -0.39 is 0 Å². The van der Waals surface area contributed by atoms with E-state index >= 15 is 0 Å². The Morgan fingerprint density at radius 2 is 0.389 bits per heavy atom. The van der Waals surface area contributed by atoms with Gasteiger partial charge in [0.2, 0.25) is 0 Å². The van der Waals surface area contributed by atoms with Gasteiger partial charge < -0.3 is 0 Å². The van der Waals surface area contributed by atoms with Crippen molar-refractivity contribution in [3.05, 3.63) is 212 Å². The highest BCUT2D eigenvalue weighted by Crippen LogP contribution is 2.35. The third-order valence-electron chi connectivity index (χ3n) is 9.74. The number of rotatable bonds is 8. The molecule has 54 heavy (non-hydrogen) atoms. The van der Waals surface area contributed by atoms with Crippen molar-refractivity contribution < 1.29 is 0 Å². The minimum Gasteiger partial charge on any atom is -0.208 e. The van der Waals surface area contributed by atoms with Crippen molar-refractivity contribution in [2.75, 3.05) is 0 Å². The number of hydrogen-bond acceptors (Lipinski definition) is 3. The van der Waals surface area contributed by atoms with Crippen LogP contribution in [0.25, 0.3) is 89.8 Å². The summed E-state index contributed by atoms with van der Waals surface area (Å²) < 4.78 is 0. The van der Waals surface area contributed by atoms with Crippen molar-refractivity contribution in [2.45, 2.75) is 0 Å². The molecule has 8 aromatic carbocycles. The normalized spacial score (nSPS) is 11.0. The fourth-order valence-electron chi connectivity index (χ4n) is 6.87. The lowest BCUT2D eigenvalue weighted by atomic mass is 9.92. The molecule has 0 aliphatic heterocycles. The molecule has 0 bridgehead atoms. The maximum absolute atomic E-state index is 4.94. The first-order valence-electron chi connectivity index (χ1n) is 18.2. The molecule has 3 heteroatoms. The molecule has 3 nitrogen and oxygen atoms in total. The summed E-state index contributed by atoms with van der Waals surface area (Å²) in [6.07, 6.45) is 0. The van der Waals surface area contributed by atoms with Gasteiger partial charge in [0.15, 0.2) is 17.5 Å². The Hall–Kier alpha value is -7.23. The van der Waals surface area contributed by atoms with Crippen LogP contribution in [0, 0.1) is 0 Å². The van der Waals surface area contributed by atoms with Crippen molar-refractivity contribution in [1.29, 1.82) is 0 Å². The highest BCUT2D eigenvalue weighted by molar-refractivity contribution is 5.83. The summed E-state index contributed by atoms with van der Waals surface area (Å²) >= 11 is 0. The van der Waals surface area contributed by atoms with Gasteiger partial charge in [-0.05, 0) is 79.9 Å². The van der Waals surface area contributed by atoms with Gasteiger partial charge in [0.05, 0.1) is 0 Å². The summed E-state index contributed by atoms with van der Waals surface area (Å²) in [7, 11) is 0. The largest absolute Gasteiger partial charge is 0.208 e. The molecule has 0 radical (unpaired) electrons. The zero-order valence-corrected chi connectivity index (χ0v) is 29.5. The van der Waals surface area contributed by atoms with E-state index in [0.717, 1.165) is 33.4 Å². The third kappa shape index (κ3) is 6.99. The van der Waals surface area contributed by atoms with E-state index in [2.05, 4.69) is 152 Å². The summed E-state index contributed by atoms with van der Waals surface area (Å²) in [6.45, 7) is 0. The van der Waals surface area contributed by atoms with Crippen LogP contribution in [0.1, 0.15) is 0 Å². The molecule has 0 N–H and O–H groups in total. The Morgan fingerprint density at radius 3 is 0.759 bits per heavy atom. The zero-order chi connectivity index (χ0) is 36.1. The lowest BCUT2D eigenvalue weighted by Gasteiger charge is -2.13. The molecule has 0 aliphatic carbocycles. The Kier molecular flexibility index (Phi) is 8.94. The molecule has 0 fully saturated rings. The van der Waals surface area contributed by atoms with Crippen LogP contribution >= 0.6 is 0 Å². The second-order valence-corrected chi connectivity index (χ2v) is 13.3. The van der Waals surface area contributed by atoms with E-state index in [4.69, 9.17) is 15.0 Å². The van der Waals surface area contributed by atoms with Gasteiger partial charge in [-0.1, -0.05) is 188 Å². The average Bonchev–Trinajstić information content (AvgIpc) is 3.27. The van der Waals surface area contributed by atoms with Gasteiger partial charge in [0.25, 0.3) is 0 Å². The van der Waals surface area contributed by atoms with E-state index in [0.29, 0.717) is 17.5 Å². The number of aromatic nitrogens is 3. The number of nitrogens with zero attached hydrogens (tertiary/aromatic N) is 3. The van der Waals surface area contributed by atoms with Gasteiger partial charge in [0, 0.05) is 16.7 Å². The summed E-state index contributed by atoms with van der Waals surface area (Å²) in [5.74, 6) is 1.94. The molecule has 0 atom stereocenters. The van der Waals surface area contributed by atoms with Gasteiger partial charge in [-0.15, -0.1) is 0 Å². The van der Waals surface area contributed by atoms with Crippen molar-refractivity contribution >= 4 is 0 Å². The second-order valence-electron chi connectivity index (χ2n) is 13.3. The summed E-state index contributed by atoms with van der Waals surface area (Å²) in [5.41, 5.74) is 14.6. The minimum atomic E-state index is 0.641. The first-order chi connectivity index (χ1) is 26.7. The van der Waals surface area contributed by atoms with Crippen LogP contribution in [0.15, 0.2) is 212 Å². The first-order valence-corrected chi connectivity index (χ1v) is 18.2. The van der Waals surface area contributed by atoms with Crippen LogP contribution < -0.4 is 0 Å². The van der Waals surface area contributed by atoms with Crippen LogP contribution in [0.3, 0.4) is 0 Å². The number of benzene rings is 8. The third-order valence-corrected chi connectivity index (χ3v) is 9.74. The fraction of sp³-hybridized carbons (Fsp3) is 0. The Balaban J connectivity index is 1.07. The van der Waals surface area contributed by atoms with Crippen LogP contribution in [-0.4, -0.2) is 15.0 Å². The predicted octanol–water partition coefficient (Wildman–Crippen LogP) is 13.2. The van der Waals surface area contributed by atoms with E-state index in [1.54, 1.807) is 0 Å². The second kappa shape index (κ2) is 14.8. The molecule has 9 aromatic rings. The molecular formula is C51H35N3. The summed E-state index contributed by atoms with van der Waals surface area (Å²) in [5, 5.41) is 0. The molecule has 254 valence electrons. The monoisotopic (exact) mass is 689 g/mol. The smallest absolute Gasteiger partial charge is 0.164 e. The quantitative estimate of drug-likeness (QED) is 0.159. The molecule has 0 saturated carbocycles. The highest BCUT2D eigenvalue weighted by atomic mass is 15.0. The van der Waals surface area contributed by atoms with Gasteiger partial charge in [-0.2, -0.15) is 0 Å². The molecule has 0 unspecified atom stereocenters. The van der Waals surface area contributed by atoms with E-state index in [9.17, 15) is 0 Å². The summed E-state index contributed by atoms with van der Waals surface area (Å²) in [6, 6.07) is 74.4. The standard InChI is InChI=1S/C51H35N3/c1-5-14-36(15-6-1)44-22-13-23-45(32-44)38-24-26-39(27-25-38)47-33-46(37-16-7-2-8-17-37)34-48(35-47)40-28-30-43(31-29-40)51-53-49(41-18-9-3-10-19-41)52-50(54-51)42-20-11-4-12-21-42/h1-35H. The van der Waals surface area contributed by atoms with Crippen LogP contribution in [-0.2, 0) is 0 Å². The molecular weight excluding hydrogens is 655 g/mol. The maximum Gasteiger partial charge on any atom is 0.164 e. The Morgan fingerprint density at radius 1 is 0.167 bits per heavy atom. The molecule has 0 amide bonds. The van der Waals surface area contributed by atoms with E-state index in [1.807, 2.05) is 60.7 Å². The molecule has 9 rings (SSSR count). The molecule has 1 heterocycles. The van der Waals surface area contributed by atoms with Crippen LogP contribution in [0.2, 0.25) is 0 Å². The highest BCUT2D eigenvalue weighted by Gasteiger charge is 2.14. The number of hydrogen-bond donors (Lipinski definition) is 0. The molecule has 0 saturated heterocycles. The van der Waals surface area contributed by atoms with E-state index in [1.165, 1.54) is 38.9 Å². The Labute approximate surface area is 316 Å². The zero-order valence-electron chi connectivity index (χ0n) is 29.5. The van der Waals surface area contributed by atoms with Crippen molar-refractivity contribution in [1.82, 2.24) is 15.0 Å². The minimum absolute atomic E-state index is 0.641. The van der Waals surface area contributed by atoms with Crippen LogP contribution in [0.4, 0.5) is 0 Å². The molecule has 1 aromatic heterocycles. The van der Waals surface area contributed by atoms with Crippen molar-refractivity contribution in [2.24, 2.45) is 0 Å². The van der Waals surface area contributed by atoms with E-state index in [-0.39, 0.29) is 0 Å². The topological polar surface area (TPSA) is 38.7 Å². The maximum atomic E-state index is 4.94.